The highest BCUT2D eigenvalue weighted by Crippen LogP contribution is 2.34. The van der Waals surface area contributed by atoms with Crippen LogP contribution in [-0.2, 0) is 0 Å². The number of hydrogen-bond donors (Lipinski definition) is 1. The van der Waals surface area contributed by atoms with Gasteiger partial charge >= 0.3 is 0 Å². The van der Waals surface area contributed by atoms with Crippen LogP contribution in [0.1, 0.15) is 45.4 Å². The summed E-state index contributed by atoms with van der Waals surface area (Å²) < 4.78 is 0. The Balaban J connectivity index is 1.47. The first-order valence-electron chi connectivity index (χ1n) is 7.97. The number of nitrogens with zero attached hydrogens (tertiary/aromatic N) is 2. The molecule has 3 unspecified atom stereocenters. The van der Waals surface area contributed by atoms with Gasteiger partial charge in [-0.3, -0.25) is 4.90 Å². The summed E-state index contributed by atoms with van der Waals surface area (Å²) in [5, 5.41) is 3.88. The van der Waals surface area contributed by atoms with Crippen molar-refractivity contribution in [3.8, 4) is 0 Å². The summed E-state index contributed by atoms with van der Waals surface area (Å²) in [5.41, 5.74) is 0. The molecule has 3 aliphatic rings. The quantitative estimate of drug-likeness (QED) is 0.820. The molecule has 3 atom stereocenters. The second-order valence-corrected chi connectivity index (χ2v) is 6.55. The van der Waals surface area contributed by atoms with Crippen molar-refractivity contribution in [1.29, 1.82) is 0 Å². The predicted molar refractivity (Wildman–Crippen MR) is 75.9 cm³/mol. The lowest BCUT2D eigenvalue weighted by Crippen LogP contribution is -2.49. The molecule has 2 bridgehead atoms. The van der Waals surface area contributed by atoms with Crippen molar-refractivity contribution in [1.82, 2.24) is 15.1 Å². The minimum Gasteiger partial charge on any atom is -0.312 e. The van der Waals surface area contributed by atoms with Crippen molar-refractivity contribution in [3.05, 3.63) is 0 Å². The summed E-state index contributed by atoms with van der Waals surface area (Å²) in [5.74, 6) is 0. The van der Waals surface area contributed by atoms with Gasteiger partial charge in [0.05, 0.1) is 0 Å². The number of piperidine rings is 1. The average Bonchev–Trinajstić information content (AvgIpc) is 2.89. The summed E-state index contributed by atoms with van der Waals surface area (Å²) in [6.07, 6.45) is 8.44. The van der Waals surface area contributed by atoms with Crippen LogP contribution in [0.25, 0.3) is 0 Å². The van der Waals surface area contributed by atoms with Gasteiger partial charge in [0.2, 0.25) is 0 Å². The molecule has 0 aromatic carbocycles. The molecule has 3 nitrogen and oxygen atoms in total. The molecule has 1 N–H and O–H groups in total. The van der Waals surface area contributed by atoms with Gasteiger partial charge in [0.1, 0.15) is 0 Å². The Morgan fingerprint density at radius 3 is 2.50 bits per heavy atom. The maximum Gasteiger partial charge on any atom is 0.0221 e. The van der Waals surface area contributed by atoms with Crippen molar-refractivity contribution in [2.75, 3.05) is 26.7 Å². The lowest BCUT2D eigenvalue weighted by molar-refractivity contribution is 0.143. The summed E-state index contributed by atoms with van der Waals surface area (Å²) in [6.45, 7) is 6.07. The lowest BCUT2D eigenvalue weighted by atomic mass is 9.97. The van der Waals surface area contributed by atoms with E-state index in [9.17, 15) is 0 Å². The molecule has 18 heavy (non-hydrogen) atoms. The van der Waals surface area contributed by atoms with Crippen molar-refractivity contribution < 1.29 is 0 Å². The third kappa shape index (κ3) is 2.45. The molecule has 0 aromatic rings. The zero-order chi connectivity index (χ0) is 12.5. The fraction of sp³-hybridized carbons (Fsp3) is 1.00. The molecule has 0 aromatic heterocycles. The van der Waals surface area contributed by atoms with Crippen molar-refractivity contribution in [2.45, 2.75) is 69.6 Å². The average molecular weight is 251 g/mol. The first kappa shape index (κ1) is 12.9. The summed E-state index contributed by atoms with van der Waals surface area (Å²) in [7, 11) is 2.33. The number of likely N-dealkylation sites (tertiary alicyclic amines) is 1. The highest BCUT2D eigenvalue weighted by molar-refractivity contribution is 4.96. The van der Waals surface area contributed by atoms with Crippen LogP contribution >= 0.6 is 0 Å². The van der Waals surface area contributed by atoms with Crippen LogP contribution in [0.3, 0.4) is 0 Å². The number of rotatable bonds is 4. The first-order valence-corrected chi connectivity index (χ1v) is 7.97. The Labute approximate surface area is 112 Å². The SMILES string of the molecule is CCN1CCCC1CNC1CC2CCC(C1)N2C. The predicted octanol–water partition coefficient (Wildman–Crippen LogP) is 1.69. The number of fused-ring (bicyclic) bond motifs is 2. The lowest BCUT2D eigenvalue weighted by Gasteiger charge is -2.37. The van der Waals surface area contributed by atoms with Crippen molar-refractivity contribution >= 4 is 0 Å². The van der Waals surface area contributed by atoms with E-state index in [1.807, 2.05) is 0 Å². The zero-order valence-electron chi connectivity index (χ0n) is 12.1. The maximum absolute atomic E-state index is 3.88. The van der Waals surface area contributed by atoms with Crippen LogP contribution in [0.2, 0.25) is 0 Å². The van der Waals surface area contributed by atoms with Crippen LogP contribution in [0.5, 0.6) is 0 Å². The number of hydrogen-bond acceptors (Lipinski definition) is 3. The van der Waals surface area contributed by atoms with E-state index < -0.39 is 0 Å². The smallest absolute Gasteiger partial charge is 0.0221 e. The molecule has 0 amide bonds. The van der Waals surface area contributed by atoms with Crippen LogP contribution in [0.4, 0.5) is 0 Å². The Morgan fingerprint density at radius 2 is 1.83 bits per heavy atom. The van der Waals surface area contributed by atoms with Gasteiger partial charge in [0.15, 0.2) is 0 Å². The second kappa shape index (κ2) is 5.48. The van der Waals surface area contributed by atoms with E-state index in [1.165, 1.54) is 58.2 Å². The van der Waals surface area contributed by atoms with Gasteiger partial charge in [0, 0.05) is 30.7 Å². The summed E-state index contributed by atoms with van der Waals surface area (Å²) in [4.78, 5) is 5.28. The largest absolute Gasteiger partial charge is 0.312 e. The molecule has 0 aliphatic carbocycles. The van der Waals surface area contributed by atoms with E-state index in [-0.39, 0.29) is 0 Å². The minimum absolute atomic E-state index is 0.790. The van der Waals surface area contributed by atoms with E-state index in [0.29, 0.717) is 0 Å². The molecule has 3 saturated heterocycles. The molecule has 0 spiro atoms. The van der Waals surface area contributed by atoms with Crippen LogP contribution < -0.4 is 5.32 Å². The zero-order valence-corrected chi connectivity index (χ0v) is 12.1. The van der Waals surface area contributed by atoms with Crippen molar-refractivity contribution in [3.63, 3.8) is 0 Å². The van der Waals surface area contributed by atoms with Gasteiger partial charge < -0.3 is 10.2 Å². The Bertz CT molecular complexity index is 267. The highest BCUT2D eigenvalue weighted by Gasteiger charge is 2.38. The molecule has 104 valence electrons. The molecule has 3 fully saturated rings. The minimum atomic E-state index is 0.790. The van der Waals surface area contributed by atoms with Crippen LogP contribution in [0, 0.1) is 0 Å². The third-order valence-corrected chi connectivity index (χ3v) is 5.65. The van der Waals surface area contributed by atoms with E-state index in [0.717, 1.165) is 24.2 Å². The highest BCUT2D eigenvalue weighted by atomic mass is 15.2. The topological polar surface area (TPSA) is 18.5 Å². The van der Waals surface area contributed by atoms with Crippen molar-refractivity contribution in [2.24, 2.45) is 0 Å². The van der Waals surface area contributed by atoms with E-state index in [1.54, 1.807) is 0 Å². The van der Waals surface area contributed by atoms with Crippen LogP contribution in [0.15, 0.2) is 0 Å². The standard InChI is InChI=1S/C15H29N3/c1-3-18-8-4-5-15(18)11-16-12-9-13-6-7-14(10-12)17(13)2/h12-16H,3-11H2,1-2H3. The third-order valence-electron chi connectivity index (χ3n) is 5.65. The Hall–Kier alpha value is -0.120. The van der Waals surface area contributed by atoms with Gasteiger partial charge in [-0.15, -0.1) is 0 Å². The maximum atomic E-state index is 3.88. The van der Waals surface area contributed by atoms with E-state index in [4.69, 9.17) is 0 Å². The van der Waals surface area contributed by atoms with Gasteiger partial charge in [-0.2, -0.15) is 0 Å². The molecule has 3 rings (SSSR count). The van der Waals surface area contributed by atoms with Gasteiger partial charge in [-0.1, -0.05) is 6.92 Å². The molecule has 0 saturated carbocycles. The molecule has 3 heteroatoms. The Kier molecular flexibility index (Phi) is 3.92. The van der Waals surface area contributed by atoms with Gasteiger partial charge in [0.25, 0.3) is 0 Å². The first-order chi connectivity index (χ1) is 8.78. The fourth-order valence-electron chi connectivity index (χ4n) is 4.42. The van der Waals surface area contributed by atoms with E-state index >= 15 is 0 Å². The molecular weight excluding hydrogens is 222 g/mol. The monoisotopic (exact) mass is 251 g/mol. The van der Waals surface area contributed by atoms with E-state index in [2.05, 4.69) is 29.1 Å². The van der Waals surface area contributed by atoms with Gasteiger partial charge in [-0.05, 0) is 58.7 Å². The molecule has 3 aliphatic heterocycles. The fourth-order valence-corrected chi connectivity index (χ4v) is 4.42. The van der Waals surface area contributed by atoms with Crippen LogP contribution in [-0.4, -0.2) is 60.6 Å². The number of likely N-dealkylation sites (N-methyl/N-ethyl adjacent to an activating group) is 1. The molecule has 0 radical (unpaired) electrons. The van der Waals surface area contributed by atoms with Gasteiger partial charge in [-0.25, -0.2) is 0 Å². The normalized spacial score (nSPS) is 41.7. The molecule has 3 heterocycles. The number of nitrogens with one attached hydrogen (secondary N) is 1. The summed E-state index contributed by atoms with van der Waals surface area (Å²) in [6, 6.07) is 3.34. The second-order valence-electron chi connectivity index (χ2n) is 6.55. The molecular formula is C15H29N3. The summed E-state index contributed by atoms with van der Waals surface area (Å²) >= 11 is 0. The Morgan fingerprint density at radius 1 is 1.11 bits per heavy atom.